The molecule has 0 radical (unpaired) electrons. The monoisotopic (exact) mass is 390 g/mol. The standard InChI is InChI=1S/C21H23FO6/c1-4-9-27-19(24)17-15(23)12-21(3,26)18(20(25)28-10-5-2)16(17)13-7-6-8-14(22)11-13/h4-8,11,16-18,26H,1-2,9-10,12H2,3H3/t16-,17+,18+,21+/m0/s1. The van der Waals surface area contributed by atoms with Crippen molar-refractivity contribution in [2.45, 2.75) is 24.9 Å². The lowest BCUT2D eigenvalue weighted by atomic mass is 9.61. The number of benzene rings is 1. The minimum absolute atomic E-state index is 0.110. The van der Waals surface area contributed by atoms with Crippen LogP contribution < -0.4 is 0 Å². The largest absolute Gasteiger partial charge is 0.461 e. The van der Waals surface area contributed by atoms with Crippen molar-refractivity contribution in [1.29, 1.82) is 0 Å². The van der Waals surface area contributed by atoms with E-state index >= 15 is 0 Å². The Bertz CT molecular complexity index is 785. The summed E-state index contributed by atoms with van der Waals surface area (Å²) in [6.45, 7) is 8.00. The third-order valence-electron chi connectivity index (χ3n) is 4.70. The van der Waals surface area contributed by atoms with Gasteiger partial charge in [-0.1, -0.05) is 37.4 Å². The van der Waals surface area contributed by atoms with E-state index in [0.717, 1.165) is 6.07 Å². The van der Waals surface area contributed by atoms with E-state index in [0.29, 0.717) is 0 Å². The topological polar surface area (TPSA) is 89.9 Å². The van der Waals surface area contributed by atoms with Gasteiger partial charge >= 0.3 is 11.9 Å². The van der Waals surface area contributed by atoms with E-state index in [9.17, 15) is 23.9 Å². The number of hydrogen-bond acceptors (Lipinski definition) is 6. The van der Waals surface area contributed by atoms with Crippen LogP contribution in [-0.4, -0.2) is 41.6 Å². The second-order valence-corrected chi connectivity index (χ2v) is 6.87. The van der Waals surface area contributed by atoms with E-state index in [1.165, 1.54) is 37.3 Å². The van der Waals surface area contributed by atoms with Crippen molar-refractivity contribution in [3.05, 3.63) is 61.0 Å². The molecular weight excluding hydrogens is 367 g/mol. The zero-order valence-corrected chi connectivity index (χ0v) is 15.6. The van der Waals surface area contributed by atoms with Gasteiger partial charge in [0.2, 0.25) is 0 Å². The molecule has 0 aliphatic heterocycles. The molecule has 1 saturated carbocycles. The number of halogens is 1. The molecule has 1 fully saturated rings. The molecule has 0 unspecified atom stereocenters. The van der Waals surface area contributed by atoms with Crippen molar-refractivity contribution in [3.63, 3.8) is 0 Å². The number of Topliss-reactive ketones (excluding diaryl/α,β-unsaturated/α-hetero) is 1. The maximum absolute atomic E-state index is 13.9. The normalized spacial score (nSPS) is 27.0. The average Bonchev–Trinajstić information content (AvgIpc) is 2.62. The smallest absolute Gasteiger partial charge is 0.317 e. The van der Waals surface area contributed by atoms with Crippen molar-refractivity contribution >= 4 is 17.7 Å². The Kier molecular flexibility index (Phi) is 6.85. The highest BCUT2D eigenvalue weighted by molar-refractivity contribution is 6.02. The highest BCUT2D eigenvalue weighted by Gasteiger charge is 2.57. The molecule has 1 N–H and O–H groups in total. The average molecular weight is 390 g/mol. The number of esters is 2. The van der Waals surface area contributed by atoms with Crippen molar-refractivity contribution < 1.29 is 33.4 Å². The fourth-order valence-corrected chi connectivity index (χ4v) is 3.59. The van der Waals surface area contributed by atoms with Gasteiger partial charge in [-0.2, -0.15) is 0 Å². The Morgan fingerprint density at radius 3 is 2.43 bits per heavy atom. The summed E-state index contributed by atoms with van der Waals surface area (Å²) in [5, 5.41) is 10.8. The molecular formula is C21H23FO6. The predicted molar refractivity (Wildman–Crippen MR) is 98.7 cm³/mol. The van der Waals surface area contributed by atoms with Crippen LogP contribution in [0.25, 0.3) is 0 Å². The van der Waals surface area contributed by atoms with Gasteiger partial charge in [0.15, 0.2) is 5.78 Å². The molecule has 1 aromatic rings. The molecule has 0 aromatic heterocycles. The van der Waals surface area contributed by atoms with E-state index in [4.69, 9.17) is 9.47 Å². The number of ether oxygens (including phenoxy) is 2. The Balaban J connectivity index is 2.58. The number of hydrogen-bond donors (Lipinski definition) is 1. The van der Waals surface area contributed by atoms with Gasteiger partial charge in [-0.15, -0.1) is 0 Å². The lowest BCUT2D eigenvalue weighted by molar-refractivity contribution is -0.172. The highest BCUT2D eigenvalue weighted by Crippen LogP contribution is 2.46. The van der Waals surface area contributed by atoms with E-state index in [1.54, 1.807) is 0 Å². The van der Waals surface area contributed by atoms with Gasteiger partial charge in [0.05, 0.1) is 11.5 Å². The Morgan fingerprint density at radius 2 is 1.86 bits per heavy atom. The zero-order chi connectivity index (χ0) is 20.9. The van der Waals surface area contributed by atoms with Crippen LogP contribution in [0.2, 0.25) is 0 Å². The fraction of sp³-hybridized carbons (Fsp3) is 0.381. The minimum atomic E-state index is -1.79. The zero-order valence-electron chi connectivity index (χ0n) is 15.6. The SMILES string of the molecule is C=CCOC(=O)[C@@H]1C(=O)C[C@@](C)(O)[C@@H](C(=O)OCC=C)[C@H]1c1cccc(F)c1. The summed E-state index contributed by atoms with van der Waals surface area (Å²) in [6.07, 6.45) is 2.25. The third-order valence-corrected chi connectivity index (χ3v) is 4.70. The fourth-order valence-electron chi connectivity index (χ4n) is 3.59. The molecule has 6 nitrogen and oxygen atoms in total. The van der Waals surface area contributed by atoms with Gasteiger partial charge in [0.25, 0.3) is 0 Å². The Morgan fingerprint density at radius 1 is 1.25 bits per heavy atom. The minimum Gasteiger partial charge on any atom is -0.461 e. The van der Waals surface area contributed by atoms with Crippen LogP contribution in [0.5, 0.6) is 0 Å². The number of aliphatic hydroxyl groups is 1. The first-order valence-corrected chi connectivity index (χ1v) is 8.78. The number of rotatable bonds is 7. The summed E-state index contributed by atoms with van der Waals surface area (Å²) in [5.74, 6) is -6.70. The van der Waals surface area contributed by atoms with Crippen LogP contribution in [0, 0.1) is 17.7 Å². The molecule has 1 aliphatic carbocycles. The summed E-state index contributed by atoms with van der Waals surface area (Å²) >= 11 is 0. The van der Waals surface area contributed by atoms with Gasteiger partial charge in [-0.25, -0.2) is 4.39 Å². The summed E-state index contributed by atoms with van der Waals surface area (Å²) < 4.78 is 24.0. The molecule has 0 amide bonds. The molecule has 0 saturated heterocycles. The first-order valence-electron chi connectivity index (χ1n) is 8.78. The van der Waals surface area contributed by atoms with Crippen LogP contribution in [0.4, 0.5) is 4.39 Å². The van der Waals surface area contributed by atoms with Gasteiger partial charge in [0.1, 0.15) is 24.9 Å². The van der Waals surface area contributed by atoms with Crippen molar-refractivity contribution in [1.82, 2.24) is 0 Å². The summed E-state index contributed by atoms with van der Waals surface area (Å²) in [6, 6.07) is 5.21. The molecule has 0 bridgehead atoms. The maximum atomic E-state index is 13.9. The molecule has 7 heteroatoms. The van der Waals surface area contributed by atoms with E-state index in [1.807, 2.05) is 0 Å². The van der Waals surface area contributed by atoms with Gasteiger partial charge in [-0.3, -0.25) is 14.4 Å². The van der Waals surface area contributed by atoms with Crippen molar-refractivity contribution in [2.24, 2.45) is 11.8 Å². The van der Waals surface area contributed by atoms with Crippen LogP contribution >= 0.6 is 0 Å². The summed E-state index contributed by atoms with van der Waals surface area (Å²) in [4.78, 5) is 38.0. The molecule has 0 heterocycles. The van der Waals surface area contributed by atoms with E-state index < -0.39 is 53.3 Å². The van der Waals surface area contributed by atoms with Crippen LogP contribution in [0.1, 0.15) is 24.8 Å². The van der Waals surface area contributed by atoms with Crippen LogP contribution in [0.3, 0.4) is 0 Å². The van der Waals surface area contributed by atoms with Crippen LogP contribution in [-0.2, 0) is 23.9 Å². The lowest BCUT2D eigenvalue weighted by Crippen LogP contribution is -2.55. The second kappa shape index (κ2) is 8.93. The molecule has 28 heavy (non-hydrogen) atoms. The number of carbonyl (C=O) groups excluding carboxylic acids is 3. The number of carbonyl (C=O) groups is 3. The number of ketones is 1. The first-order chi connectivity index (χ1) is 13.2. The van der Waals surface area contributed by atoms with E-state index in [-0.39, 0.29) is 18.8 Å². The molecule has 150 valence electrons. The van der Waals surface area contributed by atoms with Gasteiger partial charge < -0.3 is 14.6 Å². The molecule has 2 rings (SSSR count). The molecule has 0 spiro atoms. The lowest BCUT2D eigenvalue weighted by Gasteiger charge is -2.43. The first kappa shape index (κ1) is 21.5. The van der Waals surface area contributed by atoms with Gasteiger partial charge in [-0.05, 0) is 24.6 Å². The third kappa shape index (κ3) is 4.54. The highest BCUT2D eigenvalue weighted by atomic mass is 19.1. The quantitative estimate of drug-likeness (QED) is 0.437. The Labute approximate surface area is 162 Å². The second-order valence-electron chi connectivity index (χ2n) is 6.87. The van der Waals surface area contributed by atoms with Crippen molar-refractivity contribution in [3.8, 4) is 0 Å². The van der Waals surface area contributed by atoms with Crippen molar-refractivity contribution in [2.75, 3.05) is 13.2 Å². The molecule has 4 atom stereocenters. The van der Waals surface area contributed by atoms with E-state index in [2.05, 4.69) is 13.2 Å². The molecule has 1 aromatic carbocycles. The van der Waals surface area contributed by atoms with Crippen LogP contribution in [0.15, 0.2) is 49.6 Å². The summed E-state index contributed by atoms with van der Waals surface area (Å²) in [5.41, 5.74) is -1.57. The predicted octanol–water partition coefficient (Wildman–Crippen LogP) is 2.32. The maximum Gasteiger partial charge on any atom is 0.317 e. The summed E-state index contributed by atoms with van der Waals surface area (Å²) in [7, 11) is 0. The van der Waals surface area contributed by atoms with Gasteiger partial charge in [0, 0.05) is 12.3 Å². The Hall–Kier alpha value is -2.80. The molecule has 1 aliphatic rings.